The number of aliphatic hydroxyl groups excluding tert-OH is 1. The molecule has 3 heterocycles. The van der Waals surface area contributed by atoms with E-state index >= 15 is 4.39 Å². The zero-order valence-electron chi connectivity index (χ0n) is 17.6. The van der Waals surface area contributed by atoms with Gasteiger partial charge in [0.2, 0.25) is 5.95 Å². The number of nitrogen functional groups attached to an aromatic ring is 1. The molecule has 0 radical (unpaired) electrons. The summed E-state index contributed by atoms with van der Waals surface area (Å²) >= 11 is 0. The number of amides is 1. The number of aliphatic hydroxyl groups is 1. The van der Waals surface area contributed by atoms with Crippen LogP contribution in [0.5, 0.6) is 0 Å². The third kappa shape index (κ3) is 4.39. The first-order valence-electron chi connectivity index (χ1n) is 9.94. The molecule has 34 heavy (non-hydrogen) atoms. The Morgan fingerprint density at radius 3 is 2.71 bits per heavy atom. The van der Waals surface area contributed by atoms with Gasteiger partial charge in [0.1, 0.15) is 11.6 Å². The smallest absolute Gasteiger partial charge is 0.295 e. The van der Waals surface area contributed by atoms with E-state index in [0.29, 0.717) is 17.4 Å². The van der Waals surface area contributed by atoms with E-state index in [1.807, 2.05) is 5.32 Å². The average molecular weight is 474 g/mol. The Labute approximate surface area is 190 Å². The van der Waals surface area contributed by atoms with Crippen molar-refractivity contribution in [3.05, 3.63) is 77.2 Å². The topological polar surface area (TPSA) is 118 Å². The number of nitrogens with zero attached hydrogens (tertiary/aromatic N) is 4. The third-order valence-corrected chi connectivity index (χ3v) is 5.16. The van der Waals surface area contributed by atoms with Crippen molar-refractivity contribution in [2.75, 3.05) is 12.3 Å². The van der Waals surface area contributed by atoms with E-state index in [-0.39, 0.29) is 17.1 Å². The largest absolute Gasteiger partial charge is 0.380 e. The molecule has 4 aromatic rings. The summed E-state index contributed by atoms with van der Waals surface area (Å²) in [5.74, 6) is -6.60. The SMILES string of the molecule is Cc1ccc(-c2ccn3nc(N)nc3c2)c(F)c1C(=O)NCC(F)(F)[C@H](O)c1ccc(F)cn1. The van der Waals surface area contributed by atoms with Gasteiger partial charge < -0.3 is 16.2 Å². The van der Waals surface area contributed by atoms with E-state index in [1.54, 1.807) is 0 Å². The van der Waals surface area contributed by atoms with Gasteiger partial charge in [0.15, 0.2) is 11.8 Å². The maximum atomic E-state index is 15.3. The first-order valence-corrected chi connectivity index (χ1v) is 9.94. The Balaban J connectivity index is 1.57. The van der Waals surface area contributed by atoms with Crippen LogP contribution in [-0.2, 0) is 0 Å². The molecule has 0 fully saturated rings. The number of carbonyl (C=O) groups is 1. The molecule has 4 N–H and O–H groups in total. The highest BCUT2D eigenvalue weighted by atomic mass is 19.3. The summed E-state index contributed by atoms with van der Waals surface area (Å²) in [6.45, 7) is 0.153. The van der Waals surface area contributed by atoms with E-state index in [9.17, 15) is 23.1 Å². The number of rotatable bonds is 6. The van der Waals surface area contributed by atoms with Crippen LogP contribution in [0.25, 0.3) is 16.8 Å². The Hall–Kier alpha value is -4.06. The first kappa shape index (κ1) is 23.1. The lowest BCUT2D eigenvalue weighted by Gasteiger charge is -2.23. The average Bonchev–Trinajstić information content (AvgIpc) is 3.17. The summed E-state index contributed by atoms with van der Waals surface area (Å²) < 4.78 is 58.6. The molecule has 176 valence electrons. The summed E-state index contributed by atoms with van der Waals surface area (Å²) in [6.07, 6.45) is -0.214. The van der Waals surface area contributed by atoms with Crippen LogP contribution in [-0.4, -0.2) is 43.1 Å². The van der Waals surface area contributed by atoms with Crippen LogP contribution >= 0.6 is 0 Å². The third-order valence-electron chi connectivity index (χ3n) is 5.16. The predicted molar refractivity (Wildman–Crippen MR) is 114 cm³/mol. The number of nitrogens with two attached hydrogens (primary N) is 1. The highest BCUT2D eigenvalue weighted by Gasteiger charge is 2.41. The maximum absolute atomic E-state index is 15.3. The van der Waals surface area contributed by atoms with Crippen molar-refractivity contribution in [2.45, 2.75) is 19.0 Å². The molecule has 0 aliphatic heterocycles. The van der Waals surface area contributed by atoms with Crippen molar-refractivity contribution >= 4 is 17.5 Å². The molecule has 0 spiro atoms. The minimum absolute atomic E-state index is 0.0283. The van der Waals surface area contributed by atoms with Gasteiger partial charge in [0.05, 0.1) is 24.0 Å². The van der Waals surface area contributed by atoms with Crippen LogP contribution in [0.3, 0.4) is 0 Å². The number of aryl methyl sites for hydroxylation is 1. The van der Waals surface area contributed by atoms with Crippen LogP contribution in [0, 0.1) is 18.6 Å². The van der Waals surface area contributed by atoms with Gasteiger partial charge >= 0.3 is 0 Å². The summed E-state index contributed by atoms with van der Waals surface area (Å²) in [6, 6.07) is 7.75. The lowest BCUT2D eigenvalue weighted by atomic mass is 9.98. The molecule has 1 atom stereocenters. The van der Waals surface area contributed by atoms with E-state index in [1.165, 1.54) is 41.9 Å². The lowest BCUT2D eigenvalue weighted by molar-refractivity contribution is -0.108. The Morgan fingerprint density at radius 2 is 2.00 bits per heavy atom. The molecule has 12 heteroatoms. The molecule has 3 aromatic heterocycles. The Morgan fingerprint density at radius 1 is 1.24 bits per heavy atom. The predicted octanol–water partition coefficient (Wildman–Crippen LogP) is 3.06. The molecule has 0 aliphatic carbocycles. The quantitative estimate of drug-likeness (QED) is 0.370. The van der Waals surface area contributed by atoms with Gasteiger partial charge in [0.25, 0.3) is 11.8 Å². The normalized spacial score (nSPS) is 12.6. The van der Waals surface area contributed by atoms with Gasteiger partial charge in [-0.2, -0.15) is 4.98 Å². The summed E-state index contributed by atoms with van der Waals surface area (Å²) in [5.41, 5.74) is 5.63. The number of nitrogens with one attached hydrogen (secondary N) is 1. The number of carbonyl (C=O) groups excluding carboxylic acids is 1. The van der Waals surface area contributed by atoms with Crippen molar-refractivity contribution in [3.63, 3.8) is 0 Å². The number of alkyl halides is 2. The van der Waals surface area contributed by atoms with E-state index < -0.39 is 47.4 Å². The number of aromatic nitrogens is 4. The van der Waals surface area contributed by atoms with Crippen LogP contribution < -0.4 is 11.1 Å². The van der Waals surface area contributed by atoms with E-state index in [0.717, 1.165) is 12.1 Å². The lowest BCUT2D eigenvalue weighted by Crippen LogP contribution is -2.41. The fraction of sp³-hybridized carbons (Fsp3) is 0.182. The second-order valence-electron chi connectivity index (χ2n) is 7.55. The summed E-state index contributed by atoms with van der Waals surface area (Å²) in [4.78, 5) is 20.1. The first-order chi connectivity index (χ1) is 16.1. The van der Waals surface area contributed by atoms with Gasteiger partial charge in [-0.3, -0.25) is 9.78 Å². The standard InChI is InChI=1S/C22H18F4N6O2/c1-11-2-4-14(12-6-7-32-16(8-12)30-21(27)31-32)18(24)17(11)20(34)29-10-22(25,26)19(33)15-5-3-13(23)9-28-15/h2-9,19,33H,10H2,1H3,(H2,27,31)(H,29,34)/t19-/m1/s1. The minimum Gasteiger partial charge on any atom is -0.380 e. The number of halogens is 4. The molecule has 0 saturated heterocycles. The molecule has 1 aromatic carbocycles. The monoisotopic (exact) mass is 474 g/mol. The van der Waals surface area contributed by atoms with Gasteiger partial charge in [-0.1, -0.05) is 12.1 Å². The van der Waals surface area contributed by atoms with Crippen LogP contribution in [0.2, 0.25) is 0 Å². The molecule has 4 rings (SSSR count). The molecule has 0 aliphatic rings. The second-order valence-corrected chi connectivity index (χ2v) is 7.55. The zero-order chi connectivity index (χ0) is 24.6. The molecule has 8 nitrogen and oxygen atoms in total. The number of fused-ring (bicyclic) bond motifs is 1. The summed E-state index contributed by atoms with van der Waals surface area (Å²) in [5, 5.41) is 15.8. The van der Waals surface area contributed by atoms with Crippen LogP contribution in [0.15, 0.2) is 48.8 Å². The molecule has 1 amide bonds. The zero-order valence-corrected chi connectivity index (χ0v) is 17.6. The molecule has 0 bridgehead atoms. The summed E-state index contributed by atoms with van der Waals surface area (Å²) in [7, 11) is 0. The number of pyridine rings is 2. The van der Waals surface area contributed by atoms with Crippen molar-refractivity contribution in [3.8, 4) is 11.1 Å². The van der Waals surface area contributed by atoms with Crippen LogP contribution in [0.4, 0.5) is 23.5 Å². The van der Waals surface area contributed by atoms with Gasteiger partial charge in [0, 0.05) is 11.8 Å². The number of hydrogen-bond acceptors (Lipinski definition) is 6. The molecular formula is C22H18F4N6O2. The maximum Gasteiger partial charge on any atom is 0.295 e. The van der Waals surface area contributed by atoms with Gasteiger partial charge in [-0.15, -0.1) is 5.10 Å². The second kappa shape index (κ2) is 8.71. The highest BCUT2D eigenvalue weighted by molar-refractivity contribution is 5.97. The van der Waals surface area contributed by atoms with E-state index in [4.69, 9.17) is 5.73 Å². The van der Waals surface area contributed by atoms with Crippen molar-refractivity contribution in [2.24, 2.45) is 0 Å². The molecule has 0 saturated carbocycles. The van der Waals surface area contributed by atoms with E-state index in [2.05, 4.69) is 15.1 Å². The molecular weight excluding hydrogens is 456 g/mol. The van der Waals surface area contributed by atoms with Gasteiger partial charge in [-0.05, 0) is 42.3 Å². The highest BCUT2D eigenvalue weighted by Crippen LogP contribution is 2.31. The fourth-order valence-corrected chi connectivity index (χ4v) is 3.39. The van der Waals surface area contributed by atoms with Crippen LogP contribution in [0.1, 0.15) is 27.7 Å². The van der Waals surface area contributed by atoms with Gasteiger partial charge in [-0.25, -0.2) is 22.1 Å². The Bertz CT molecular complexity index is 1370. The van der Waals surface area contributed by atoms with Crippen molar-refractivity contribution in [1.29, 1.82) is 0 Å². The Kier molecular flexibility index (Phi) is 5.92. The number of benzene rings is 1. The van der Waals surface area contributed by atoms with Crippen molar-refractivity contribution in [1.82, 2.24) is 24.9 Å². The number of hydrogen-bond donors (Lipinski definition) is 3. The molecule has 0 unspecified atom stereocenters. The minimum atomic E-state index is -3.86. The number of anilines is 1. The van der Waals surface area contributed by atoms with Crippen molar-refractivity contribution < 1.29 is 27.5 Å². The fourth-order valence-electron chi connectivity index (χ4n) is 3.39.